The van der Waals surface area contributed by atoms with Gasteiger partial charge in [-0.15, -0.1) is 11.6 Å². The van der Waals surface area contributed by atoms with E-state index < -0.39 is 12.2 Å². The predicted molar refractivity (Wildman–Crippen MR) is 59.6 cm³/mol. The quantitative estimate of drug-likeness (QED) is 0.264. The molecule has 18 heavy (non-hydrogen) atoms. The smallest absolute Gasteiger partial charge is 0.512 e. The summed E-state index contributed by atoms with van der Waals surface area (Å²) in [7, 11) is 0. The Kier molecular flexibility index (Phi) is 37.5. The molecule has 0 radical (unpaired) electrons. The topological polar surface area (TPSA) is 116 Å². The fourth-order valence-corrected chi connectivity index (χ4v) is 0.544. The fraction of sp³-hybridized carbons (Fsp3) is 0.600. The van der Waals surface area contributed by atoms with Crippen molar-refractivity contribution in [3.63, 3.8) is 0 Å². The minimum atomic E-state index is -0.752. The van der Waals surface area contributed by atoms with Crippen LogP contribution >= 0.6 is 11.6 Å². The van der Waals surface area contributed by atoms with Crippen LogP contribution in [0.15, 0.2) is 0 Å². The average molecular weight is 297 g/mol. The fourth-order valence-electron chi connectivity index (χ4n) is 0.435. The van der Waals surface area contributed by atoms with Gasteiger partial charge in [0.2, 0.25) is 6.54 Å². The molecule has 0 aromatic heterocycles. The number of halogens is 1. The van der Waals surface area contributed by atoms with E-state index in [4.69, 9.17) is 50.7 Å². The summed E-state index contributed by atoms with van der Waals surface area (Å²) in [5, 5.41) is 39.2. The molecular formula is C10H12ClKN4O2. The van der Waals surface area contributed by atoms with E-state index in [-0.39, 0.29) is 76.7 Å². The van der Waals surface area contributed by atoms with Crippen LogP contribution < -0.4 is 51.4 Å². The van der Waals surface area contributed by atoms with E-state index in [1.807, 2.05) is 0 Å². The average Bonchev–Trinajstić information content (AvgIpc) is 2.33. The van der Waals surface area contributed by atoms with Gasteiger partial charge in [0.1, 0.15) is 6.10 Å². The SMILES string of the molecule is N#CC[C@H](O)CCl.[C-]#[15N+]C[C@@H](O)CC#N.[C-]#[15N].[K+]. The molecule has 2 atom stereocenters. The molecule has 0 rings (SSSR count). The molecule has 0 amide bonds. The van der Waals surface area contributed by atoms with Gasteiger partial charge < -0.3 is 26.9 Å². The minimum Gasteiger partial charge on any atom is -0.512 e. The Bertz CT molecular complexity index is 290. The zero-order chi connectivity index (χ0) is 14.1. The van der Waals surface area contributed by atoms with Crippen molar-refractivity contribution in [2.24, 2.45) is 0 Å². The summed E-state index contributed by atoms with van der Waals surface area (Å²) >= 11 is 5.13. The molecule has 0 heterocycles. The van der Waals surface area contributed by atoms with Gasteiger partial charge in [0.25, 0.3) is 0 Å². The number of alkyl halides is 1. The molecule has 0 fully saturated rings. The third-order valence-electron chi connectivity index (χ3n) is 1.13. The summed E-state index contributed by atoms with van der Waals surface area (Å²) in [6, 6.07) is 3.54. The van der Waals surface area contributed by atoms with Crippen molar-refractivity contribution in [3.8, 4) is 12.1 Å². The van der Waals surface area contributed by atoms with Crippen LogP contribution in [0, 0.1) is 41.1 Å². The molecule has 0 aliphatic heterocycles. The van der Waals surface area contributed by atoms with Crippen LogP contribution in [-0.2, 0) is 0 Å². The van der Waals surface area contributed by atoms with Crippen molar-refractivity contribution in [2.45, 2.75) is 25.0 Å². The van der Waals surface area contributed by atoms with Gasteiger partial charge in [0.05, 0.1) is 31.1 Å². The first-order chi connectivity index (χ1) is 8.12. The van der Waals surface area contributed by atoms with E-state index in [2.05, 4.69) is 4.85 Å². The van der Waals surface area contributed by atoms with Crippen LogP contribution in [0.25, 0.3) is 4.85 Å². The Labute approximate surface area is 155 Å². The number of nitrogens with zero attached hydrogens (tertiary/aromatic N) is 4. The standard InChI is InChI=1S/C5H6N2O.C4H6ClNO.CN.K/c1-7-4-5(8)2-3-6;5-3-4(7)1-2-6;1-2;/h5,8H,2,4H2;4,7H,1,3H2;;/q;;-1;+1/t5-;4-;;/m00../s1/i7+1;;2+1;. The summed E-state index contributed by atoms with van der Waals surface area (Å²) in [5.74, 6) is 0.146. The van der Waals surface area contributed by atoms with E-state index in [0.29, 0.717) is 0 Å². The van der Waals surface area contributed by atoms with E-state index in [9.17, 15) is 0 Å². The molecule has 0 aromatic rings. The zero-order valence-electron chi connectivity index (χ0n) is 10.0. The molecule has 0 saturated heterocycles. The molecule has 0 aromatic carbocycles. The summed E-state index contributed by atoms with van der Waals surface area (Å²) in [4.78, 5) is 2.90. The molecule has 0 saturated carbocycles. The second-order valence-electron chi connectivity index (χ2n) is 2.53. The molecule has 0 aliphatic carbocycles. The van der Waals surface area contributed by atoms with Crippen molar-refractivity contribution in [3.05, 3.63) is 18.0 Å². The van der Waals surface area contributed by atoms with Crippen LogP contribution in [0.4, 0.5) is 0 Å². The maximum atomic E-state index is 8.61. The summed E-state index contributed by atoms with van der Waals surface area (Å²) in [6.07, 6.45) is -1.21. The van der Waals surface area contributed by atoms with E-state index in [0.717, 1.165) is 0 Å². The van der Waals surface area contributed by atoms with E-state index in [1.165, 1.54) is 0 Å². The second-order valence-corrected chi connectivity index (χ2v) is 2.84. The van der Waals surface area contributed by atoms with Gasteiger partial charge in [-0.2, -0.15) is 10.5 Å². The summed E-state index contributed by atoms with van der Waals surface area (Å²) in [6.45, 7) is 11.1. The Morgan fingerprint density at radius 1 is 1.11 bits per heavy atom. The normalized spacial score (nSPS) is 10.1. The second kappa shape index (κ2) is 25.6. The summed E-state index contributed by atoms with van der Waals surface area (Å²) < 4.78 is 0. The number of aliphatic hydroxyl groups excluding tert-OH is 2. The predicted octanol–water partition coefficient (Wildman–Crippen LogP) is -2.22. The molecule has 0 spiro atoms. The zero-order valence-corrected chi connectivity index (χ0v) is 13.9. The first-order valence-electron chi connectivity index (χ1n) is 4.33. The van der Waals surface area contributed by atoms with Crippen molar-refractivity contribution < 1.29 is 61.6 Å². The van der Waals surface area contributed by atoms with Gasteiger partial charge in [-0.05, 0) is 0 Å². The van der Waals surface area contributed by atoms with Crippen LogP contribution in [0.5, 0.6) is 0 Å². The number of nitriles is 2. The van der Waals surface area contributed by atoms with Crippen LogP contribution in [0.1, 0.15) is 12.8 Å². The Balaban J connectivity index is -0.0000000916. The molecule has 6 nitrogen and oxygen atoms in total. The number of hydrogen-bond donors (Lipinski definition) is 2. The molecule has 0 unspecified atom stereocenters. The third kappa shape index (κ3) is 29.7. The third-order valence-corrected chi connectivity index (χ3v) is 1.49. The van der Waals surface area contributed by atoms with Gasteiger partial charge in [0, 0.05) is 5.88 Å². The summed E-state index contributed by atoms with van der Waals surface area (Å²) in [5.41, 5.74) is 0. The molecule has 0 aliphatic rings. The molecule has 2 N–H and O–H groups in total. The first-order valence-corrected chi connectivity index (χ1v) is 4.87. The maximum absolute atomic E-state index is 8.61. The van der Waals surface area contributed by atoms with Gasteiger partial charge in [-0.3, -0.25) is 0 Å². The van der Waals surface area contributed by atoms with Crippen LogP contribution in [0.3, 0.4) is 0 Å². The first kappa shape index (κ1) is 26.4. The van der Waals surface area contributed by atoms with Crippen molar-refractivity contribution in [2.75, 3.05) is 12.4 Å². The van der Waals surface area contributed by atoms with Gasteiger partial charge in [-0.1, -0.05) is 0 Å². The molecule has 8 heteroatoms. The van der Waals surface area contributed by atoms with Crippen LogP contribution in [0.2, 0.25) is 0 Å². The van der Waals surface area contributed by atoms with E-state index in [1.54, 1.807) is 12.1 Å². The van der Waals surface area contributed by atoms with Crippen molar-refractivity contribution >= 4 is 11.6 Å². The monoisotopic (exact) mass is 296 g/mol. The van der Waals surface area contributed by atoms with E-state index >= 15 is 0 Å². The molecule has 0 bridgehead atoms. The van der Waals surface area contributed by atoms with Crippen molar-refractivity contribution in [1.82, 2.24) is 0 Å². The van der Waals surface area contributed by atoms with Gasteiger partial charge in [0.15, 0.2) is 0 Å². The molecular weight excluding hydrogens is 285 g/mol. The number of hydrogen-bond acceptors (Lipinski definition) is 5. The maximum Gasteiger partial charge on any atom is 1.00 e. The Hall–Kier alpha value is -0.194. The van der Waals surface area contributed by atoms with Crippen LogP contribution in [-0.4, -0.2) is 34.8 Å². The number of rotatable bonds is 4. The van der Waals surface area contributed by atoms with Gasteiger partial charge >= 0.3 is 51.4 Å². The van der Waals surface area contributed by atoms with Gasteiger partial charge in [-0.25, -0.2) is 6.57 Å². The Morgan fingerprint density at radius 3 is 1.72 bits per heavy atom. The molecule has 92 valence electrons. The minimum absolute atomic E-state index is 0. The Morgan fingerprint density at radius 2 is 1.50 bits per heavy atom. The van der Waals surface area contributed by atoms with Crippen molar-refractivity contribution in [1.29, 1.82) is 15.8 Å². The number of aliphatic hydroxyl groups is 2. The largest absolute Gasteiger partial charge is 1.00 e.